The molecule has 1 N–H and O–H groups in total. The van der Waals surface area contributed by atoms with Crippen LogP contribution in [0, 0.1) is 0 Å². The van der Waals surface area contributed by atoms with E-state index in [4.69, 9.17) is 4.74 Å². The smallest absolute Gasteiger partial charge is 0.407 e. The Morgan fingerprint density at radius 2 is 1.28 bits per heavy atom. The minimum atomic E-state index is -0.448. The number of hydrogen-bond acceptors (Lipinski definition) is 3. The number of carbonyl (C=O) groups is 2. The molecular formula is C31H44N2O3. The van der Waals surface area contributed by atoms with E-state index in [-0.39, 0.29) is 12.0 Å². The van der Waals surface area contributed by atoms with Crippen molar-refractivity contribution < 1.29 is 14.3 Å². The molecule has 0 spiro atoms. The molecule has 0 unspecified atom stereocenters. The molecular weight excluding hydrogens is 448 g/mol. The summed E-state index contributed by atoms with van der Waals surface area (Å²) in [7, 11) is 0. The lowest BCUT2D eigenvalue weighted by Crippen LogP contribution is -2.32. The minimum absolute atomic E-state index is 0.0581. The summed E-state index contributed by atoms with van der Waals surface area (Å²) in [5, 5.41) is 2.81. The second-order valence-corrected chi connectivity index (χ2v) is 10.3. The topological polar surface area (TPSA) is 58.6 Å². The van der Waals surface area contributed by atoms with Crippen LogP contribution < -0.4 is 5.32 Å². The van der Waals surface area contributed by atoms with Crippen molar-refractivity contribution in [2.24, 2.45) is 0 Å². The van der Waals surface area contributed by atoms with Crippen LogP contribution in [0.1, 0.15) is 83.3 Å². The van der Waals surface area contributed by atoms with Crippen LogP contribution >= 0.6 is 0 Å². The summed E-state index contributed by atoms with van der Waals surface area (Å²) in [5.41, 5.74) is 1.82. The summed E-state index contributed by atoms with van der Waals surface area (Å²) in [6, 6.07) is 20.3. The van der Waals surface area contributed by atoms with Gasteiger partial charge in [-0.1, -0.05) is 98.8 Å². The summed E-state index contributed by atoms with van der Waals surface area (Å²) in [6.45, 7) is 7.48. The normalized spacial score (nSPS) is 11.4. The Morgan fingerprint density at radius 1 is 0.778 bits per heavy atom. The lowest BCUT2D eigenvalue weighted by molar-refractivity contribution is -0.127. The highest BCUT2D eigenvalue weighted by molar-refractivity contribution is 5.87. The van der Waals surface area contributed by atoms with Crippen LogP contribution in [-0.2, 0) is 22.6 Å². The Kier molecular flexibility index (Phi) is 13.4. The second kappa shape index (κ2) is 16.6. The highest BCUT2D eigenvalue weighted by Crippen LogP contribution is 2.12. The average Bonchev–Trinajstić information content (AvgIpc) is 2.84. The van der Waals surface area contributed by atoms with Gasteiger partial charge in [0.1, 0.15) is 5.60 Å². The van der Waals surface area contributed by atoms with E-state index in [0.717, 1.165) is 36.8 Å². The Hall–Kier alpha value is -3.08. The number of carbonyl (C=O) groups excluding carboxylic acids is 2. The third-order valence-electron chi connectivity index (χ3n) is 5.72. The SMILES string of the molecule is CC(C)(C)OC(=O)NCCCCCCCCC/C=C/C(=O)N(Cc1ccccc1)Cc1ccccc1. The second-order valence-electron chi connectivity index (χ2n) is 10.3. The number of unbranched alkanes of at least 4 members (excludes halogenated alkanes) is 7. The fraction of sp³-hybridized carbons (Fsp3) is 0.484. The van der Waals surface area contributed by atoms with Gasteiger partial charge in [-0.05, 0) is 57.2 Å². The molecule has 0 aliphatic heterocycles. The minimum Gasteiger partial charge on any atom is -0.444 e. The average molecular weight is 493 g/mol. The zero-order chi connectivity index (χ0) is 26.1. The van der Waals surface area contributed by atoms with E-state index < -0.39 is 5.60 Å². The van der Waals surface area contributed by atoms with Crippen LogP contribution in [0.5, 0.6) is 0 Å². The first-order valence-electron chi connectivity index (χ1n) is 13.3. The standard InChI is InChI=1S/C31H44N2O3/c1-31(2,3)36-30(35)32-24-18-10-8-6-4-5-7-9-17-23-29(34)33(25-27-19-13-11-14-20-27)26-28-21-15-12-16-22-28/h11-17,19-23H,4-10,18,24-26H2,1-3H3,(H,32,35)/b23-17+. The van der Waals surface area contributed by atoms with Gasteiger partial charge in [-0.25, -0.2) is 4.79 Å². The van der Waals surface area contributed by atoms with Crippen molar-refractivity contribution in [3.63, 3.8) is 0 Å². The lowest BCUT2D eigenvalue weighted by Gasteiger charge is -2.21. The van der Waals surface area contributed by atoms with E-state index in [1.807, 2.05) is 68.1 Å². The maximum absolute atomic E-state index is 12.9. The quantitative estimate of drug-likeness (QED) is 0.208. The van der Waals surface area contributed by atoms with Gasteiger partial charge < -0.3 is 15.0 Å². The number of alkyl carbamates (subject to hydrolysis) is 1. The first-order valence-corrected chi connectivity index (χ1v) is 13.3. The molecule has 2 aromatic rings. The molecule has 0 aliphatic carbocycles. The monoisotopic (exact) mass is 492 g/mol. The van der Waals surface area contributed by atoms with Crippen LogP contribution in [0.25, 0.3) is 0 Å². The van der Waals surface area contributed by atoms with Gasteiger partial charge in [-0.15, -0.1) is 0 Å². The number of benzene rings is 2. The Balaban J connectivity index is 1.59. The van der Waals surface area contributed by atoms with Gasteiger partial charge in [-0.3, -0.25) is 4.79 Å². The van der Waals surface area contributed by atoms with E-state index in [1.54, 1.807) is 6.08 Å². The largest absolute Gasteiger partial charge is 0.444 e. The van der Waals surface area contributed by atoms with E-state index in [0.29, 0.717) is 19.6 Å². The molecule has 0 atom stereocenters. The molecule has 2 rings (SSSR count). The number of allylic oxidation sites excluding steroid dienone is 1. The first-order chi connectivity index (χ1) is 17.3. The number of nitrogens with zero attached hydrogens (tertiary/aromatic N) is 1. The lowest BCUT2D eigenvalue weighted by atomic mass is 10.1. The van der Waals surface area contributed by atoms with E-state index >= 15 is 0 Å². The van der Waals surface area contributed by atoms with Crippen molar-refractivity contribution in [3.05, 3.63) is 83.9 Å². The predicted octanol–water partition coefficient (Wildman–Crippen LogP) is 7.42. The fourth-order valence-electron chi connectivity index (χ4n) is 3.88. The Bertz CT molecular complexity index is 863. The number of ether oxygens (including phenoxy) is 1. The first kappa shape index (κ1) is 29.2. The van der Waals surface area contributed by atoms with Gasteiger partial charge in [0.2, 0.25) is 5.91 Å². The van der Waals surface area contributed by atoms with Crippen molar-refractivity contribution in [2.45, 2.75) is 90.8 Å². The molecule has 0 fully saturated rings. The van der Waals surface area contributed by atoms with Crippen molar-refractivity contribution >= 4 is 12.0 Å². The Labute approximate surface area is 217 Å². The molecule has 196 valence electrons. The molecule has 0 aliphatic rings. The van der Waals surface area contributed by atoms with Crippen LogP contribution in [0.15, 0.2) is 72.8 Å². The van der Waals surface area contributed by atoms with Crippen LogP contribution in [-0.4, -0.2) is 29.0 Å². The van der Waals surface area contributed by atoms with Gasteiger partial charge in [0.05, 0.1) is 0 Å². The number of nitrogens with one attached hydrogen (secondary N) is 1. The summed E-state index contributed by atoms with van der Waals surface area (Å²) in [4.78, 5) is 26.4. The van der Waals surface area contributed by atoms with E-state index in [9.17, 15) is 9.59 Å². The third-order valence-corrected chi connectivity index (χ3v) is 5.72. The molecule has 0 bridgehead atoms. The van der Waals surface area contributed by atoms with Crippen LogP contribution in [0.2, 0.25) is 0 Å². The zero-order valence-electron chi connectivity index (χ0n) is 22.4. The van der Waals surface area contributed by atoms with Crippen molar-refractivity contribution in [3.8, 4) is 0 Å². The maximum atomic E-state index is 12.9. The van der Waals surface area contributed by atoms with Gasteiger partial charge in [0.25, 0.3) is 0 Å². The molecule has 0 radical (unpaired) electrons. The van der Waals surface area contributed by atoms with Gasteiger partial charge in [0.15, 0.2) is 0 Å². The van der Waals surface area contributed by atoms with E-state index in [2.05, 4.69) is 29.6 Å². The van der Waals surface area contributed by atoms with Gasteiger partial charge >= 0.3 is 6.09 Å². The fourth-order valence-corrected chi connectivity index (χ4v) is 3.88. The summed E-state index contributed by atoms with van der Waals surface area (Å²) in [6.07, 6.45) is 12.3. The van der Waals surface area contributed by atoms with Crippen molar-refractivity contribution in [1.82, 2.24) is 10.2 Å². The third kappa shape index (κ3) is 13.7. The van der Waals surface area contributed by atoms with Crippen LogP contribution in [0.4, 0.5) is 4.79 Å². The Morgan fingerprint density at radius 3 is 1.81 bits per heavy atom. The molecule has 5 nitrogen and oxygen atoms in total. The molecule has 0 saturated heterocycles. The maximum Gasteiger partial charge on any atom is 0.407 e. The molecule has 0 saturated carbocycles. The summed E-state index contributed by atoms with van der Waals surface area (Å²) in [5.74, 6) is 0.0581. The highest BCUT2D eigenvalue weighted by Gasteiger charge is 2.15. The number of amides is 2. The van der Waals surface area contributed by atoms with Crippen LogP contribution in [0.3, 0.4) is 0 Å². The summed E-state index contributed by atoms with van der Waals surface area (Å²) >= 11 is 0. The van der Waals surface area contributed by atoms with Gasteiger partial charge in [0, 0.05) is 19.6 Å². The van der Waals surface area contributed by atoms with E-state index in [1.165, 1.54) is 25.7 Å². The van der Waals surface area contributed by atoms with Crippen molar-refractivity contribution in [1.29, 1.82) is 0 Å². The number of rotatable bonds is 15. The predicted molar refractivity (Wildman–Crippen MR) is 147 cm³/mol. The molecule has 2 aromatic carbocycles. The molecule has 0 heterocycles. The molecule has 2 amide bonds. The number of hydrogen-bond donors (Lipinski definition) is 1. The van der Waals surface area contributed by atoms with Gasteiger partial charge in [-0.2, -0.15) is 0 Å². The summed E-state index contributed by atoms with van der Waals surface area (Å²) < 4.78 is 5.23. The highest BCUT2D eigenvalue weighted by atomic mass is 16.6. The van der Waals surface area contributed by atoms with Crippen molar-refractivity contribution in [2.75, 3.05) is 6.54 Å². The molecule has 5 heteroatoms. The zero-order valence-corrected chi connectivity index (χ0v) is 22.4. The molecule has 0 aromatic heterocycles. The molecule has 36 heavy (non-hydrogen) atoms.